The first-order valence-corrected chi connectivity index (χ1v) is 11.6. The number of alkyl halides is 2. The number of nitrogens with one attached hydrogen (secondary N) is 3. The van der Waals surface area contributed by atoms with Gasteiger partial charge in [-0.1, -0.05) is 0 Å². The lowest BCUT2D eigenvalue weighted by atomic mass is 9.74. The van der Waals surface area contributed by atoms with Crippen molar-refractivity contribution in [1.82, 2.24) is 20.6 Å². The molecule has 2 aromatic rings. The lowest BCUT2D eigenvalue weighted by Gasteiger charge is -2.32. The second kappa shape index (κ2) is 9.74. The van der Waals surface area contributed by atoms with Gasteiger partial charge in [0, 0.05) is 37.1 Å². The van der Waals surface area contributed by atoms with Crippen molar-refractivity contribution in [3.05, 3.63) is 42.2 Å². The molecule has 178 valence electrons. The number of rotatable bonds is 6. The van der Waals surface area contributed by atoms with Gasteiger partial charge in [0.25, 0.3) is 0 Å². The van der Waals surface area contributed by atoms with Crippen LogP contribution in [0.4, 0.5) is 14.5 Å². The van der Waals surface area contributed by atoms with E-state index in [2.05, 4.69) is 36.9 Å². The monoisotopic (exact) mass is 461 g/mol. The maximum atomic E-state index is 13.0. The van der Waals surface area contributed by atoms with Gasteiger partial charge in [0.05, 0.1) is 12.2 Å². The van der Waals surface area contributed by atoms with Crippen LogP contribution in [0, 0.1) is 5.92 Å². The third-order valence-electron chi connectivity index (χ3n) is 7.04. The first-order valence-electron chi connectivity index (χ1n) is 11.6. The van der Waals surface area contributed by atoms with Gasteiger partial charge in [-0.3, -0.25) is 14.9 Å². The largest absolute Gasteiger partial charge is 0.435 e. The van der Waals surface area contributed by atoms with E-state index >= 15 is 0 Å². The Morgan fingerprint density at radius 3 is 2.70 bits per heavy atom. The number of nitrogens with zero attached hydrogens (tertiary/aromatic N) is 2. The number of hydrogen-bond donors (Lipinski definition) is 3. The number of benzene rings is 1. The van der Waals surface area contributed by atoms with Crippen molar-refractivity contribution in [1.29, 1.82) is 0 Å². The number of halogens is 2. The Bertz CT molecular complexity index is 948. The first kappa shape index (κ1) is 22.2. The van der Waals surface area contributed by atoms with Crippen LogP contribution in [0.1, 0.15) is 49.6 Å². The van der Waals surface area contributed by atoms with Crippen LogP contribution in [0.2, 0.25) is 0 Å². The van der Waals surface area contributed by atoms with Gasteiger partial charge in [-0.2, -0.15) is 13.9 Å². The predicted octanol–water partition coefficient (Wildman–Crippen LogP) is 3.20. The van der Waals surface area contributed by atoms with Crippen LogP contribution in [0.5, 0.6) is 5.75 Å². The van der Waals surface area contributed by atoms with Gasteiger partial charge >= 0.3 is 6.61 Å². The number of carbonyl (C=O) groups excluding carboxylic acids is 1. The SMILES string of the molecule is O=C(Nc1ccc(OC(F)F)cc1)C1NNC2CCC(c3cnn(C4CCOCC4)c3)CC21. The molecule has 2 saturated heterocycles. The van der Waals surface area contributed by atoms with Crippen molar-refractivity contribution < 1.29 is 23.0 Å². The van der Waals surface area contributed by atoms with Crippen LogP contribution >= 0.6 is 0 Å². The fraction of sp³-hybridized carbons (Fsp3) is 0.565. The summed E-state index contributed by atoms with van der Waals surface area (Å²) in [6, 6.07) is 6.21. The predicted molar refractivity (Wildman–Crippen MR) is 117 cm³/mol. The average molecular weight is 462 g/mol. The normalized spacial score (nSPS) is 28.0. The molecule has 1 aliphatic carbocycles. The van der Waals surface area contributed by atoms with Crippen LogP contribution in [-0.4, -0.2) is 47.6 Å². The molecule has 3 N–H and O–H groups in total. The van der Waals surface area contributed by atoms with E-state index in [1.165, 1.54) is 17.7 Å². The molecule has 3 aliphatic rings. The summed E-state index contributed by atoms with van der Waals surface area (Å²) in [5.41, 5.74) is 8.23. The number of anilines is 1. The Morgan fingerprint density at radius 2 is 1.94 bits per heavy atom. The highest BCUT2D eigenvalue weighted by Gasteiger charge is 2.44. The minimum atomic E-state index is -2.88. The Hall–Kier alpha value is -2.56. The second-order valence-electron chi connectivity index (χ2n) is 9.04. The van der Waals surface area contributed by atoms with E-state index in [0.29, 0.717) is 17.6 Å². The van der Waals surface area contributed by atoms with Crippen molar-refractivity contribution >= 4 is 11.6 Å². The number of ether oxygens (including phenoxy) is 2. The number of amides is 1. The molecule has 2 aliphatic heterocycles. The van der Waals surface area contributed by atoms with E-state index in [4.69, 9.17) is 4.74 Å². The summed E-state index contributed by atoms with van der Waals surface area (Å²) < 4.78 is 36.6. The fourth-order valence-corrected chi connectivity index (χ4v) is 5.27. The van der Waals surface area contributed by atoms with Gasteiger partial charge < -0.3 is 14.8 Å². The Labute approximate surface area is 191 Å². The van der Waals surface area contributed by atoms with E-state index < -0.39 is 6.61 Å². The molecular formula is C23H29F2N5O3. The molecule has 0 spiro atoms. The molecule has 1 aromatic carbocycles. The smallest absolute Gasteiger partial charge is 0.387 e. The zero-order valence-corrected chi connectivity index (χ0v) is 18.3. The molecule has 33 heavy (non-hydrogen) atoms. The maximum Gasteiger partial charge on any atom is 0.387 e. The number of fused-ring (bicyclic) bond motifs is 1. The molecule has 8 nitrogen and oxygen atoms in total. The Balaban J connectivity index is 1.21. The number of aromatic nitrogens is 2. The van der Waals surface area contributed by atoms with Crippen molar-refractivity contribution in [3.63, 3.8) is 0 Å². The molecular weight excluding hydrogens is 432 g/mol. The molecule has 0 bridgehead atoms. The highest BCUT2D eigenvalue weighted by Crippen LogP contribution is 2.40. The lowest BCUT2D eigenvalue weighted by molar-refractivity contribution is -0.119. The van der Waals surface area contributed by atoms with Gasteiger partial charge in [-0.05, 0) is 67.9 Å². The molecule has 3 fully saturated rings. The van der Waals surface area contributed by atoms with E-state index in [0.717, 1.165) is 45.3 Å². The molecule has 3 heterocycles. The fourth-order valence-electron chi connectivity index (χ4n) is 5.27. The average Bonchev–Trinajstić information content (AvgIpc) is 3.48. The summed E-state index contributed by atoms with van der Waals surface area (Å²) in [6.07, 6.45) is 9.06. The molecule has 10 heteroatoms. The molecule has 1 saturated carbocycles. The van der Waals surface area contributed by atoms with E-state index in [1.54, 1.807) is 12.1 Å². The molecule has 5 rings (SSSR count). The van der Waals surface area contributed by atoms with Crippen LogP contribution in [0.3, 0.4) is 0 Å². The van der Waals surface area contributed by atoms with Crippen LogP contribution in [-0.2, 0) is 9.53 Å². The van der Waals surface area contributed by atoms with Crippen molar-refractivity contribution in [2.75, 3.05) is 18.5 Å². The molecule has 1 amide bonds. The third-order valence-corrected chi connectivity index (χ3v) is 7.04. The standard InChI is InChI=1S/C23H29F2N5O3/c24-23(25)33-18-4-2-16(3-5-18)27-22(31)21-19-11-14(1-6-20(19)28-29-21)15-12-26-30(13-15)17-7-9-32-10-8-17/h2-5,12-14,17,19-21,23,28-29H,1,6-11H2,(H,27,31). The Morgan fingerprint density at radius 1 is 1.15 bits per heavy atom. The first-order chi connectivity index (χ1) is 16.1. The number of hydrazine groups is 1. The Kier molecular flexibility index (Phi) is 6.57. The zero-order chi connectivity index (χ0) is 22.8. The van der Waals surface area contributed by atoms with Crippen LogP contribution < -0.4 is 20.9 Å². The van der Waals surface area contributed by atoms with Gasteiger partial charge in [0.15, 0.2) is 0 Å². The van der Waals surface area contributed by atoms with Gasteiger partial charge in [-0.25, -0.2) is 5.43 Å². The van der Waals surface area contributed by atoms with Gasteiger partial charge in [0.2, 0.25) is 5.91 Å². The van der Waals surface area contributed by atoms with Gasteiger partial charge in [-0.15, -0.1) is 0 Å². The lowest BCUT2D eigenvalue weighted by Crippen LogP contribution is -2.42. The quantitative estimate of drug-likeness (QED) is 0.612. The van der Waals surface area contributed by atoms with Crippen LogP contribution in [0.15, 0.2) is 36.7 Å². The van der Waals surface area contributed by atoms with Gasteiger partial charge in [0.1, 0.15) is 11.8 Å². The third kappa shape index (κ3) is 5.02. The van der Waals surface area contributed by atoms with Crippen molar-refractivity contribution in [2.45, 2.75) is 62.8 Å². The summed E-state index contributed by atoms with van der Waals surface area (Å²) in [5.74, 6) is 0.426. The summed E-state index contributed by atoms with van der Waals surface area (Å²) in [5, 5.41) is 7.52. The minimum Gasteiger partial charge on any atom is -0.435 e. The van der Waals surface area contributed by atoms with E-state index in [1.807, 2.05) is 6.20 Å². The second-order valence-corrected chi connectivity index (χ2v) is 9.04. The zero-order valence-electron chi connectivity index (χ0n) is 18.3. The summed E-state index contributed by atoms with van der Waals surface area (Å²) in [6.45, 7) is -1.31. The number of carbonyl (C=O) groups is 1. The van der Waals surface area contributed by atoms with Crippen molar-refractivity contribution in [2.24, 2.45) is 5.92 Å². The summed E-state index contributed by atoms with van der Waals surface area (Å²) >= 11 is 0. The van der Waals surface area contributed by atoms with E-state index in [-0.39, 0.29) is 29.7 Å². The maximum absolute atomic E-state index is 13.0. The molecule has 0 radical (unpaired) electrons. The molecule has 1 aromatic heterocycles. The van der Waals surface area contributed by atoms with Crippen LogP contribution in [0.25, 0.3) is 0 Å². The van der Waals surface area contributed by atoms with Crippen molar-refractivity contribution in [3.8, 4) is 5.75 Å². The molecule has 4 unspecified atom stereocenters. The van der Waals surface area contributed by atoms with E-state index in [9.17, 15) is 13.6 Å². The topological polar surface area (TPSA) is 89.4 Å². The molecule has 4 atom stereocenters. The summed E-state index contributed by atoms with van der Waals surface area (Å²) in [4.78, 5) is 13.0. The summed E-state index contributed by atoms with van der Waals surface area (Å²) in [7, 11) is 0. The highest BCUT2D eigenvalue weighted by molar-refractivity contribution is 5.95. The minimum absolute atomic E-state index is 0.0557. The highest BCUT2D eigenvalue weighted by atomic mass is 19.3. The number of hydrogen-bond acceptors (Lipinski definition) is 6.